The second-order valence-electron chi connectivity index (χ2n) is 6.46. The van der Waals surface area contributed by atoms with E-state index in [2.05, 4.69) is 16.6 Å². The molecule has 0 radical (unpaired) electrons. The van der Waals surface area contributed by atoms with E-state index in [-0.39, 0.29) is 23.1 Å². The summed E-state index contributed by atoms with van der Waals surface area (Å²) in [6.45, 7) is -3.60. The van der Waals surface area contributed by atoms with Gasteiger partial charge in [0.15, 0.2) is 0 Å². The maximum absolute atomic E-state index is 14.5. The summed E-state index contributed by atoms with van der Waals surface area (Å²) >= 11 is 5.96. The standard InChI is InChI=1S/C19H17ClF3NO4/c20-13-9-14(21)15(10-16(13)27-7-3-4-8-28-19(22)23)24-17(25)11-5-1-2-6-12(11)18(24)26/h9-12,19H,1-2,5-8H2. The summed E-state index contributed by atoms with van der Waals surface area (Å²) in [7, 11) is 0. The molecule has 1 aliphatic carbocycles. The molecule has 5 nitrogen and oxygen atoms in total. The lowest BCUT2D eigenvalue weighted by atomic mass is 9.81. The molecule has 2 atom stereocenters. The fourth-order valence-electron chi connectivity index (χ4n) is 3.52. The van der Waals surface area contributed by atoms with E-state index in [0.29, 0.717) is 12.8 Å². The first-order valence-corrected chi connectivity index (χ1v) is 9.13. The zero-order chi connectivity index (χ0) is 20.3. The highest BCUT2D eigenvalue weighted by atomic mass is 35.5. The van der Waals surface area contributed by atoms with Crippen LogP contribution in [0.2, 0.25) is 5.02 Å². The third-order valence-corrected chi connectivity index (χ3v) is 5.09. The van der Waals surface area contributed by atoms with Crippen molar-refractivity contribution in [3.63, 3.8) is 0 Å². The predicted octanol–water partition coefficient (Wildman–Crippen LogP) is 3.78. The summed E-state index contributed by atoms with van der Waals surface area (Å²) in [5.74, 6) is 2.33. The van der Waals surface area contributed by atoms with Crippen LogP contribution in [0.5, 0.6) is 5.75 Å². The zero-order valence-corrected chi connectivity index (χ0v) is 15.5. The first kappa shape index (κ1) is 20.5. The molecule has 2 unspecified atom stereocenters. The van der Waals surface area contributed by atoms with Crippen LogP contribution in [-0.2, 0) is 14.3 Å². The van der Waals surface area contributed by atoms with Gasteiger partial charge in [0.1, 0.15) is 24.8 Å². The van der Waals surface area contributed by atoms with Gasteiger partial charge in [0, 0.05) is 6.07 Å². The molecular formula is C19H17ClF3NO4. The molecule has 1 saturated carbocycles. The van der Waals surface area contributed by atoms with Gasteiger partial charge in [0.05, 0.1) is 22.5 Å². The molecule has 1 aromatic carbocycles. The highest BCUT2D eigenvalue weighted by Gasteiger charge is 2.49. The minimum absolute atomic E-state index is 0.0256. The number of alkyl halides is 2. The van der Waals surface area contributed by atoms with E-state index >= 15 is 0 Å². The number of benzene rings is 1. The quantitative estimate of drug-likeness (QED) is 0.542. The Morgan fingerprint density at radius 2 is 1.71 bits per heavy atom. The van der Waals surface area contributed by atoms with Crippen molar-refractivity contribution in [2.24, 2.45) is 11.8 Å². The molecule has 3 rings (SSSR count). The minimum atomic E-state index is -2.91. The fourth-order valence-corrected chi connectivity index (χ4v) is 3.73. The van der Waals surface area contributed by atoms with Crippen molar-refractivity contribution < 1.29 is 32.2 Å². The Morgan fingerprint density at radius 3 is 2.32 bits per heavy atom. The van der Waals surface area contributed by atoms with E-state index in [0.717, 1.165) is 23.8 Å². The van der Waals surface area contributed by atoms with Crippen LogP contribution in [0.1, 0.15) is 25.7 Å². The summed E-state index contributed by atoms with van der Waals surface area (Å²) in [5.41, 5.74) is -0.210. The fraction of sp³-hybridized carbons (Fsp3) is 0.474. The van der Waals surface area contributed by atoms with Crippen molar-refractivity contribution in [3.05, 3.63) is 23.0 Å². The highest BCUT2D eigenvalue weighted by Crippen LogP contribution is 2.42. The molecule has 9 heteroatoms. The van der Waals surface area contributed by atoms with Gasteiger partial charge in [-0.2, -0.15) is 8.78 Å². The van der Waals surface area contributed by atoms with E-state index in [1.54, 1.807) is 0 Å². The van der Waals surface area contributed by atoms with Crippen molar-refractivity contribution >= 4 is 29.1 Å². The number of amides is 2. The summed E-state index contributed by atoms with van der Waals surface area (Å²) in [6.07, 6.45) is 2.94. The Labute approximate surface area is 164 Å². The van der Waals surface area contributed by atoms with Crippen LogP contribution in [0.25, 0.3) is 0 Å². The third-order valence-electron chi connectivity index (χ3n) is 4.79. The largest absolute Gasteiger partial charge is 0.479 e. The lowest BCUT2D eigenvalue weighted by Gasteiger charge is -2.19. The average molecular weight is 416 g/mol. The molecule has 28 heavy (non-hydrogen) atoms. The molecule has 1 aliphatic heterocycles. The van der Waals surface area contributed by atoms with Crippen molar-refractivity contribution in [3.8, 4) is 17.6 Å². The molecule has 0 N–H and O–H groups in total. The summed E-state index contributed by atoms with van der Waals surface area (Å²) in [6, 6.07) is 2.14. The second-order valence-corrected chi connectivity index (χ2v) is 6.86. The van der Waals surface area contributed by atoms with Crippen LogP contribution >= 0.6 is 11.6 Å². The highest BCUT2D eigenvalue weighted by molar-refractivity contribution is 6.32. The molecule has 1 heterocycles. The molecule has 0 aromatic heterocycles. The third kappa shape index (κ3) is 4.26. The Balaban J connectivity index is 1.76. The number of fused-ring (bicyclic) bond motifs is 1. The van der Waals surface area contributed by atoms with E-state index < -0.39 is 42.7 Å². The summed E-state index contributed by atoms with van der Waals surface area (Å²) < 4.78 is 47.4. The first-order valence-electron chi connectivity index (χ1n) is 8.75. The van der Waals surface area contributed by atoms with Crippen LogP contribution in [-0.4, -0.2) is 31.6 Å². The van der Waals surface area contributed by atoms with Crippen LogP contribution in [0.3, 0.4) is 0 Å². The summed E-state index contributed by atoms with van der Waals surface area (Å²) in [5, 5.41) is -0.0663. The number of imide groups is 1. The minimum Gasteiger partial charge on any atom is -0.479 e. The van der Waals surface area contributed by atoms with E-state index in [4.69, 9.17) is 16.3 Å². The molecule has 2 aliphatic rings. The number of rotatable bonds is 5. The predicted molar refractivity (Wildman–Crippen MR) is 94.6 cm³/mol. The van der Waals surface area contributed by atoms with Gasteiger partial charge in [-0.15, -0.1) is 0 Å². The smallest absolute Gasteiger partial charge is 0.346 e. The maximum Gasteiger partial charge on any atom is 0.346 e. The zero-order valence-electron chi connectivity index (χ0n) is 14.7. The first-order chi connectivity index (χ1) is 13.4. The monoisotopic (exact) mass is 415 g/mol. The van der Waals surface area contributed by atoms with Gasteiger partial charge in [0.25, 0.3) is 0 Å². The molecule has 1 aromatic rings. The number of halogens is 4. The maximum atomic E-state index is 14.5. The number of carbonyl (C=O) groups excluding carboxylic acids is 2. The van der Waals surface area contributed by atoms with Gasteiger partial charge in [-0.1, -0.05) is 36.3 Å². The average Bonchev–Trinajstić information content (AvgIpc) is 2.91. The van der Waals surface area contributed by atoms with Crippen molar-refractivity contribution in [1.82, 2.24) is 0 Å². The number of nitrogens with zero attached hydrogens (tertiary/aromatic N) is 1. The topological polar surface area (TPSA) is 55.8 Å². The van der Waals surface area contributed by atoms with E-state index in [1.165, 1.54) is 6.07 Å². The van der Waals surface area contributed by atoms with Crippen molar-refractivity contribution in [1.29, 1.82) is 0 Å². The number of hydrogen-bond acceptors (Lipinski definition) is 4. The van der Waals surface area contributed by atoms with Crippen molar-refractivity contribution in [2.45, 2.75) is 32.3 Å². The van der Waals surface area contributed by atoms with Gasteiger partial charge in [-0.25, -0.2) is 9.29 Å². The number of hydrogen-bond donors (Lipinski definition) is 0. The Morgan fingerprint density at radius 1 is 1.11 bits per heavy atom. The van der Waals surface area contributed by atoms with E-state index in [9.17, 15) is 22.8 Å². The molecule has 0 bridgehead atoms. The van der Waals surface area contributed by atoms with Gasteiger partial charge in [0.2, 0.25) is 11.8 Å². The Hall–Kier alpha value is -2.24. The number of carbonyl (C=O) groups is 2. The second kappa shape index (κ2) is 8.84. The van der Waals surface area contributed by atoms with Gasteiger partial charge < -0.3 is 9.47 Å². The number of ether oxygens (including phenoxy) is 2. The van der Waals surface area contributed by atoms with Crippen molar-refractivity contribution in [2.75, 3.05) is 18.1 Å². The van der Waals surface area contributed by atoms with Crippen LogP contribution in [0.4, 0.5) is 18.9 Å². The molecule has 1 saturated heterocycles. The Bertz CT molecular complexity index is 812. The van der Waals surface area contributed by atoms with Crippen LogP contribution in [0.15, 0.2) is 12.1 Å². The van der Waals surface area contributed by atoms with Gasteiger partial charge in [-0.05, 0) is 18.9 Å². The van der Waals surface area contributed by atoms with Gasteiger partial charge >= 0.3 is 6.61 Å². The molecule has 2 amide bonds. The Kier molecular flexibility index (Phi) is 6.47. The SMILES string of the molecule is O=C1C2CCCCC2C(=O)N1c1cc(OCC#CCOC(F)F)c(Cl)cc1F. The molecule has 0 spiro atoms. The number of anilines is 1. The lowest BCUT2D eigenvalue weighted by molar-refractivity contribution is -0.122. The van der Waals surface area contributed by atoms with Gasteiger partial charge in [-0.3, -0.25) is 9.59 Å². The molecule has 2 fully saturated rings. The molecular weight excluding hydrogens is 399 g/mol. The molecule has 150 valence electrons. The normalized spacial score (nSPS) is 21.5. The van der Waals surface area contributed by atoms with E-state index in [1.807, 2.05) is 0 Å². The summed E-state index contributed by atoms with van der Waals surface area (Å²) in [4.78, 5) is 26.2. The van der Waals surface area contributed by atoms with Crippen LogP contribution < -0.4 is 9.64 Å². The lowest BCUT2D eigenvalue weighted by Crippen LogP contribution is -2.31. The van der Waals surface area contributed by atoms with Crippen LogP contribution in [0, 0.1) is 29.5 Å².